The Hall–Kier alpha value is -3.88. The lowest BCUT2D eigenvalue weighted by Crippen LogP contribution is -2.37. The number of benzene rings is 1. The van der Waals surface area contributed by atoms with Crippen molar-refractivity contribution in [2.24, 2.45) is 7.05 Å². The second-order valence-corrected chi connectivity index (χ2v) is 8.33. The largest absolute Gasteiger partial charge is 0.461 e. The average Bonchev–Trinajstić information content (AvgIpc) is 3.48. The van der Waals surface area contributed by atoms with Gasteiger partial charge in [-0.25, -0.2) is 19.7 Å². The fourth-order valence-electron chi connectivity index (χ4n) is 4.80. The molecule has 1 aliphatic rings. The smallest absolute Gasteiger partial charge is 0.326 e. The van der Waals surface area contributed by atoms with Crippen molar-refractivity contribution in [1.29, 1.82) is 0 Å². The Morgan fingerprint density at radius 1 is 1.12 bits per heavy atom. The molecule has 1 N–H and O–H groups in total. The Labute approximate surface area is 183 Å². The minimum absolute atomic E-state index is 0.0442. The SMILES string of the molecule is Cc1ccoc1-c1nc2c(N3CCC(n4c(=O)[nH]c5ccccc54)CC3)ncnc2n1C. The summed E-state index contributed by atoms with van der Waals surface area (Å²) in [5.41, 5.74) is 4.37. The number of aryl methyl sites for hydroxylation is 2. The van der Waals surface area contributed by atoms with Crippen LogP contribution in [-0.2, 0) is 7.05 Å². The first-order valence-corrected chi connectivity index (χ1v) is 10.8. The number of hydrogen-bond acceptors (Lipinski definition) is 6. The van der Waals surface area contributed by atoms with E-state index in [0.717, 1.165) is 71.1 Å². The summed E-state index contributed by atoms with van der Waals surface area (Å²) < 4.78 is 9.52. The molecule has 5 aromatic rings. The fraction of sp³-hybridized carbons (Fsp3) is 0.304. The molecule has 0 radical (unpaired) electrons. The van der Waals surface area contributed by atoms with E-state index in [1.54, 1.807) is 12.6 Å². The average molecular weight is 429 g/mol. The predicted octanol–water partition coefficient (Wildman–Crippen LogP) is 3.42. The summed E-state index contributed by atoms with van der Waals surface area (Å²) >= 11 is 0. The molecule has 0 aliphatic carbocycles. The Kier molecular flexibility index (Phi) is 4.17. The minimum Gasteiger partial charge on any atom is -0.461 e. The van der Waals surface area contributed by atoms with Crippen molar-refractivity contribution in [1.82, 2.24) is 29.1 Å². The summed E-state index contributed by atoms with van der Waals surface area (Å²) in [7, 11) is 1.94. The molecule has 162 valence electrons. The van der Waals surface area contributed by atoms with Gasteiger partial charge in [-0.3, -0.25) is 4.57 Å². The quantitative estimate of drug-likeness (QED) is 0.472. The molecule has 32 heavy (non-hydrogen) atoms. The van der Waals surface area contributed by atoms with Gasteiger partial charge in [-0.05, 0) is 43.5 Å². The second kappa shape index (κ2) is 7.08. The number of imidazole rings is 2. The van der Waals surface area contributed by atoms with E-state index in [9.17, 15) is 4.79 Å². The number of rotatable bonds is 3. The molecule has 0 unspecified atom stereocenters. The number of nitrogens with one attached hydrogen (secondary N) is 1. The van der Waals surface area contributed by atoms with Crippen LogP contribution in [0.2, 0.25) is 0 Å². The van der Waals surface area contributed by atoms with Crippen molar-refractivity contribution in [3.05, 3.63) is 59.0 Å². The molecule has 0 atom stereocenters. The number of para-hydroxylation sites is 2. The van der Waals surface area contributed by atoms with Crippen LogP contribution in [0.3, 0.4) is 0 Å². The van der Waals surface area contributed by atoms with Crippen LogP contribution in [0.1, 0.15) is 24.4 Å². The molecule has 1 aromatic carbocycles. The van der Waals surface area contributed by atoms with Gasteiger partial charge in [0, 0.05) is 26.2 Å². The molecule has 1 saturated heterocycles. The molecular weight excluding hydrogens is 406 g/mol. The highest BCUT2D eigenvalue weighted by molar-refractivity contribution is 5.86. The standard InChI is InChI=1S/C23H23N7O2/c1-14-9-12-32-19(14)22-27-18-20(28(22)2)24-13-25-21(18)29-10-7-15(8-11-29)30-17-6-4-3-5-16(17)26-23(30)31/h3-6,9,12-13,15H,7-8,10-11H2,1-2H3,(H,26,31). The van der Waals surface area contributed by atoms with Crippen LogP contribution < -0.4 is 10.6 Å². The number of aromatic nitrogens is 6. The number of aromatic amines is 1. The van der Waals surface area contributed by atoms with E-state index < -0.39 is 0 Å². The topological polar surface area (TPSA) is 97.8 Å². The summed E-state index contributed by atoms with van der Waals surface area (Å²) in [6.45, 7) is 3.57. The van der Waals surface area contributed by atoms with Crippen LogP contribution in [0, 0.1) is 6.92 Å². The Morgan fingerprint density at radius 3 is 2.72 bits per heavy atom. The van der Waals surface area contributed by atoms with Gasteiger partial charge in [-0.1, -0.05) is 12.1 Å². The van der Waals surface area contributed by atoms with E-state index in [4.69, 9.17) is 9.40 Å². The number of hydrogen-bond donors (Lipinski definition) is 1. The molecular formula is C23H23N7O2. The van der Waals surface area contributed by atoms with Crippen LogP contribution in [0.4, 0.5) is 5.82 Å². The van der Waals surface area contributed by atoms with Crippen molar-refractivity contribution in [2.45, 2.75) is 25.8 Å². The van der Waals surface area contributed by atoms with Gasteiger partial charge in [0.2, 0.25) is 0 Å². The van der Waals surface area contributed by atoms with Crippen LogP contribution in [0.25, 0.3) is 33.8 Å². The fourth-order valence-corrected chi connectivity index (χ4v) is 4.80. The first kappa shape index (κ1) is 18.9. The minimum atomic E-state index is -0.0442. The normalized spacial score (nSPS) is 15.2. The highest BCUT2D eigenvalue weighted by Crippen LogP contribution is 2.32. The number of H-pyrrole nitrogens is 1. The Bertz CT molecular complexity index is 1500. The van der Waals surface area contributed by atoms with Crippen LogP contribution in [0.5, 0.6) is 0 Å². The van der Waals surface area contributed by atoms with Gasteiger partial charge in [0.15, 0.2) is 28.6 Å². The van der Waals surface area contributed by atoms with E-state index in [1.807, 2.05) is 53.4 Å². The molecule has 9 heteroatoms. The van der Waals surface area contributed by atoms with E-state index in [0.29, 0.717) is 0 Å². The third-order valence-corrected chi connectivity index (χ3v) is 6.46. The lowest BCUT2D eigenvalue weighted by molar-refractivity contribution is 0.395. The maximum atomic E-state index is 12.6. The van der Waals surface area contributed by atoms with E-state index >= 15 is 0 Å². The zero-order valence-corrected chi connectivity index (χ0v) is 17.9. The van der Waals surface area contributed by atoms with E-state index in [2.05, 4.69) is 19.9 Å². The molecule has 4 aromatic heterocycles. The Morgan fingerprint density at radius 2 is 1.94 bits per heavy atom. The summed E-state index contributed by atoms with van der Waals surface area (Å²) in [5.74, 6) is 2.31. The van der Waals surface area contributed by atoms with Crippen LogP contribution in [0.15, 0.2) is 52.1 Å². The van der Waals surface area contributed by atoms with Crippen molar-refractivity contribution >= 4 is 28.0 Å². The predicted molar refractivity (Wildman–Crippen MR) is 122 cm³/mol. The first-order valence-electron chi connectivity index (χ1n) is 10.8. The molecule has 0 amide bonds. The highest BCUT2D eigenvalue weighted by Gasteiger charge is 2.27. The van der Waals surface area contributed by atoms with Gasteiger partial charge in [0.05, 0.1) is 17.3 Å². The number of furan rings is 1. The van der Waals surface area contributed by atoms with Crippen molar-refractivity contribution < 1.29 is 4.42 Å². The van der Waals surface area contributed by atoms with Crippen LogP contribution >= 0.6 is 0 Å². The van der Waals surface area contributed by atoms with E-state index in [1.165, 1.54) is 0 Å². The third kappa shape index (κ3) is 2.77. The highest BCUT2D eigenvalue weighted by atomic mass is 16.3. The number of fused-ring (bicyclic) bond motifs is 2. The summed E-state index contributed by atoms with van der Waals surface area (Å²) in [4.78, 5) is 31.7. The maximum Gasteiger partial charge on any atom is 0.326 e. The van der Waals surface area contributed by atoms with Gasteiger partial charge in [-0.2, -0.15) is 0 Å². The molecule has 1 aliphatic heterocycles. The number of anilines is 1. The van der Waals surface area contributed by atoms with Gasteiger partial charge < -0.3 is 18.9 Å². The molecule has 9 nitrogen and oxygen atoms in total. The Balaban J connectivity index is 1.32. The monoisotopic (exact) mass is 429 g/mol. The molecule has 6 rings (SSSR count). The van der Waals surface area contributed by atoms with E-state index in [-0.39, 0.29) is 11.7 Å². The van der Waals surface area contributed by atoms with Gasteiger partial charge >= 0.3 is 5.69 Å². The molecule has 0 saturated carbocycles. The summed E-state index contributed by atoms with van der Waals surface area (Å²) in [6, 6.07) is 9.93. The molecule has 1 fully saturated rings. The van der Waals surface area contributed by atoms with Gasteiger partial charge in [-0.15, -0.1) is 0 Å². The van der Waals surface area contributed by atoms with Gasteiger partial charge in [0.25, 0.3) is 0 Å². The zero-order chi connectivity index (χ0) is 21.8. The summed E-state index contributed by atoms with van der Waals surface area (Å²) in [6.07, 6.45) is 4.97. The summed E-state index contributed by atoms with van der Waals surface area (Å²) in [5, 5.41) is 0. The maximum absolute atomic E-state index is 12.6. The lowest BCUT2D eigenvalue weighted by Gasteiger charge is -2.33. The lowest BCUT2D eigenvalue weighted by atomic mass is 10.0. The van der Waals surface area contributed by atoms with Crippen molar-refractivity contribution in [3.63, 3.8) is 0 Å². The number of piperidine rings is 1. The van der Waals surface area contributed by atoms with Gasteiger partial charge in [0.1, 0.15) is 6.33 Å². The van der Waals surface area contributed by atoms with Crippen molar-refractivity contribution in [2.75, 3.05) is 18.0 Å². The zero-order valence-electron chi connectivity index (χ0n) is 17.9. The second-order valence-electron chi connectivity index (χ2n) is 8.33. The molecule has 0 spiro atoms. The first-order chi connectivity index (χ1) is 15.6. The van der Waals surface area contributed by atoms with Crippen LogP contribution in [-0.4, -0.2) is 42.2 Å². The number of nitrogens with zero attached hydrogens (tertiary/aromatic N) is 6. The van der Waals surface area contributed by atoms with Crippen molar-refractivity contribution in [3.8, 4) is 11.6 Å². The molecule has 0 bridgehead atoms. The third-order valence-electron chi connectivity index (χ3n) is 6.46. The molecule has 5 heterocycles.